The summed E-state index contributed by atoms with van der Waals surface area (Å²) in [5.41, 5.74) is 0. The van der Waals surface area contributed by atoms with E-state index in [1.54, 1.807) is 0 Å². The zero-order chi connectivity index (χ0) is 12.0. The summed E-state index contributed by atoms with van der Waals surface area (Å²) in [5.74, 6) is 3.76. The van der Waals surface area contributed by atoms with Crippen LogP contribution in [0.3, 0.4) is 0 Å². The van der Waals surface area contributed by atoms with Crippen LogP contribution in [-0.4, -0.2) is 11.0 Å². The molecule has 0 radical (unpaired) electrons. The molecule has 16 heavy (non-hydrogen) atoms. The maximum Gasteiger partial charge on any atom is 0.0223 e. The molecule has 0 spiro atoms. The summed E-state index contributed by atoms with van der Waals surface area (Å²) in [6.07, 6.45) is 6.27. The van der Waals surface area contributed by atoms with Crippen molar-refractivity contribution in [1.29, 1.82) is 0 Å². The Balaban J connectivity index is 2.35. The molecule has 0 aromatic heterocycles. The van der Waals surface area contributed by atoms with Crippen molar-refractivity contribution in [3.8, 4) is 0 Å². The lowest BCUT2D eigenvalue weighted by Gasteiger charge is -2.36. The number of hydrogen-bond donors (Lipinski definition) is 0. The van der Waals surface area contributed by atoms with Gasteiger partial charge in [0.2, 0.25) is 0 Å². The number of rotatable bonds is 6. The Morgan fingerprint density at radius 1 is 1.38 bits per heavy atom. The average molecular weight is 277 g/mol. The van der Waals surface area contributed by atoms with Gasteiger partial charge in [-0.05, 0) is 40.4 Å². The van der Waals surface area contributed by atoms with Crippen LogP contribution in [0.5, 0.6) is 0 Å². The van der Waals surface area contributed by atoms with E-state index in [9.17, 15) is 0 Å². The molecule has 0 amide bonds. The molecule has 0 bridgehead atoms. The van der Waals surface area contributed by atoms with Gasteiger partial charge >= 0.3 is 0 Å². The van der Waals surface area contributed by atoms with Crippen LogP contribution in [0.1, 0.15) is 40.0 Å². The molecule has 0 aromatic carbocycles. The molecule has 0 nitrogen and oxygen atoms in total. The monoisotopic (exact) mass is 276 g/mol. The van der Waals surface area contributed by atoms with Gasteiger partial charge in [-0.3, -0.25) is 0 Å². The van der Waals surface area contributed by atoms with Crippen LogP contribution in [0.15, 0.2) is 12.7 Å². The van der Waals surface area contributed by atoms with Crippen molar-refractivity contribution < 1.29 is 0 Å². The molecular weight excluding hydrogens is 252 g/mol. The van der Waals surface area contributed by atoms with E-state index in [1.165, 1.54) is 19.3 Å². The highest BCUT2D eigenvalue weighted by Crippen LogP contribution is 2.47. The SMILES string of the molecule is C=CCSSSC1CC(C)CCC1C(C)C. The molecule has 1 fully saturated rings. The van der Waals surface area contributed by atoms with Crippen molar-refractivity contribution in [3.05, 3.63) is 12.7 Å². The summed E-state index contributed by atoms with van der Waals surface area (Å²) in [6, 6.07) is 0. The average Bonchev–Trinajstić information content (AvgIpc) is 2.24. The van der Waals surface area contributed by atoms with Crippen molar-refractivity contribution >= 4 is 31.4 Å². The Hall–Kier alpha value is 0.790. The summed E-state index contributed by atoms with van der Waals surface area (Å²) >= 11 is 0. The van der Waals surface area contributed by atoms with Gasteiger partial charge in [0.05, 0.1) is 0 Å². The Labute approximate surface area is 113 Å². The van der Waals surface area contributed by atoms with Crippen LogP contribution < -0.4 is 0 Å². The fourth-order valence-corrected chi connectivity index (χ4v) is 7.18. The van der Waals surface area contributed by atoms with E-state index in [4.69, 9.17) is 0 Å². The van der Waals surface area contributed by atoms with E-state index in [2.05, 4.69) is 38.1 Å². The molecule has 0 N–H and O–H groups in total. The van der Waals surface area contributed by atoms with Crippen molar-refractivity contribution in [1.82, 2.24) is 0 Å². The van der Waals surface area contributed by atoms with Crippen LogP contribution in [0, 0.1) is 17.8 Å². The quantitative estimate of drug-likeness (QED) is 0.349. The molecule has 3 unspecified atom stereocenters. The second kappa shape index (κ2) is 7.99. The first kappa shape index (κ1) is 14.8. The van der Waals surface area contributed by atoms with Crippen molar-refractivity contribution in [2.45, 2.75) is 45.3 Å². The highest BCUT2D eigenvalue weighted by molar-refractivity contribution is 9.09. The molecule has 0 aliphatic heterocycles. The summed E-state index contributed by atoms with van der Waals surface area (Å²) in [4.78, 5) is 0. The summed E-state index contributed by atoms with van der Waals surface area (Å²) < 4.78 is 0. The molecule has 1 saturated carbocycles. The van der Waals surface area contributed by atoms with E-state index < -0.39 is 0 Å². The normalized spacial score (nSPS) is 30.6. The Kier molecular flexibility index (Phi) is 7.42. The van der Waals surface area contributed by atoms with Crippen LogP contribution in [0.2, 0.25) is 0 Å². The maximum absolute atomic E-state index is 3.76. The van der Waals surface area contributed by atoms with Gasteiger partial charge in [0.25, 0.3) is 0 Å². The third-order valence-corrected chi connectivity index (χ3v) is 7.94. The second-order valence-corrected chi connectivity index (χ2v) is 9.52. The van der Waals surface area contributed by atoms with Crippen LogP contribution in [0.25, 0.3) is 0 Å². The molecule has 0 aromatic rings. The van der Waals surface area contributed by atoms with Gasteiger partial charge in [-0.1, -0.05) is 54.9 Å². The van der Waals surface area contributed by atoms with E-state index in [0.29, 0.717) is 0 Å². The minimum absolute atomic E-state index is 0.843. The molecule has 0 heterocycles. The van der Waals surface area contributed by atoms with E-state index in [1.807, 2.05) is 26.7 Å². The molecular formula is C13H24S3. The first-order valence-corrected chi connectivity index (χ1v) is 9.92. The van der Waals surface area contributed by atoms with Gasteiger partial charge in [-0.2, -0.15) is 0 Å². The Morgan fingerprint density at radius 2 is 2.12 bits per heavy atom. The zero-order valence-electron chi connectivity index (χ0n) is 10.6. The van der Waals surface area contributed by atoms with Crippen molar-refractivity contribution in [3.63, 3.8) is 0 Å². The lowest BCUT2D eigenvalue weighted by Crippen LogP contribution is -2.29. The van der Waals surface area contributed by atoms with Crippen LogP contribution >= 0.6 is 31.4 Å². The van der Waals surface area contributed by atoms with E-state index in [-0.39, 0.29) is 0 Å². The van der Waals surface area contributed by atoms with Crippen molar-refractivity contribution in [2.24, 2.45) is 17.8 Å². The van der Waals surface area contributed by atoms with Gasteiger partial charge in [0.15, 0.2) is 0 Å². The van der Waals surface area contributed by atoms with E-state index in [0.717, 1.165) is 28.8 Å². The lowest BCUT2D eigenvalue weighted by atomic mass is 9.77. The largest absolute Gasteiger partial charge is 0.102 e. The van der Waals surface area contributed by atoms with Gasteiger partial charge in [0, 0.05) is 11.0 Å². The fraction of sp³-hybridized carbons (Fsp3) is 0.846. The molecule has 1 aliphatic rings. The standard InChI is InChI=1S/C13H24S3/c1-5-8-14-16-15-13-9-11(4)6-7-12(13)10(2)3/h5,10-13H,1,6-9H2,2-4H3. The van der Waals surface area contributed by atoms with Gasteiger partial charge in [0.1, 0.15) is 0 Å². The molecule has 1 rings (SSSR count). The minimum atomic E-state index is 0.843. The van der Waals surface area contributed by atoms with Gasteiger partial charge in [-0.15, -0.1) is 6.58 Å². The first-order valence-electron chi connectivity index (χ1n) is 6.21. The van der Waals surface area contributed by atoms with Crippen LogP contribution in [-0.2, 0) is 0 Å². The highest BCUT2D eigenvalue weighted by Gasteiger charge is 2.31. The van der Waals surface area contributed by atoms with E-state index >= 15 is 0 Å². The zero-order valence-corrected chi connectivity index (χ0v) is 13.1. The molecule has 0 saturated heterocycles. The molecule has 3 atom stereocenters. The van der Waals surface area contributed by atoms with Crippen molar-refractivity contribution in [2.75, 3.05) is 5.75 Å². The van der Waals surface area contributed by atoms with Crippen LogP contribution in [0.4, 0.5) is 0 Å². The summed E-state index contributed by atoms with van der Waals surface area (Å²) in [5, 5.41) is 0.867. The molecule has 94 valence electrons. The number of hydrogen-bond acceptors (Lipinski definition) is 3. The molecule has 1 aliphatic carbocycles. The summed E-state index contributed by atoms with van der Waals surface area (Å²) in [6.45, 7) is 10.9. The lowest BCUT2D eigenvalue weighted by molar-refractivity contribution is 0.245. The Morgan fingerprint density at radius 3 is 2.75 bits per heavy atom. The predicted molar refractivity (Wildman–Crippen MR) is 83.0 cm³/mol. The minimum Gasteiger partial charge on any atom is -0.102 e. The highest BCUT2D eigenvalue weighted by atomic mass is 33.5. The third-order valence-electron chi connectivity index (χ3n) is 3.36. The van der Waals surface area contributed by atoms with Gasteiger partial charge < -0.3 is 0 Å². The molecule has 3 heteroatoms. The predicted octanol–water partition coefficient (Wildman–Crippen LogP) is 5.66. The Bertz CT molecular complexity index is 203. The van der Waals surface area contributed by atoms with Gasteiger partial charge in [-0.25, -0.2) is 0 Å². The third kappa shape index (κ3) is 4.97. The first-order chi connectivity index (χ1) is 7.65. The smallest absolute Gasteiger partial charge is 0.0223 e. The maximum atomic E-state index is 3.76. The second-order valence-electron chi connectivity index (χ2n) is 5.10. The topological polar surface area (TPSA) is 0 Å². The fourth-order valence-electron chi connectivity index (χ4n) is 2.38. The summed E-state index contributed by atoms with van der Waals surface area (Å²) in [7, 11) is 6.00.